The van der Waals surface area contributed by atoms with Gasteiger partial charge in [0.1, 0.15) is 0 Å². The van der Waals surface area contributed by atoms with E-state index in [4.69, 9.17) is 14.2 Å². The minimum absolute atomic E-state index is 0.00301. The second-order valence-electron chi connectivity index (χ2n) is 9.39. The molecule has 0 saturated carbocycles. The quantitative estimate of drug-likeness (QED) is 0.298. The largest absolute Gasteiger partial charge is 0.493 e. The smallest absolute Gasteiger partial charge is 0.338 e. The van der Waals surface area contributed by atoms with Crippen LogP contribution < -0.4 is 24.4 Å². The number of ether oxygens (including phenoxy) is 3. The zero-order valence-electron chi connectivity index (χ0n) is 22.6. The summed E-state index contributed by atoms with van der Waals surface area (Å²) in [6.45, 7) is 9.29. The van der Waals surface area contributed by atoms with Crippen molar-refractivity contribution in [1.29, 1.82) is 0 Å². The van der Waals surface area contributed by atoms with Crippen LogP contribution >= 0.6 is 23.1 Å². The van der Waals surface area contributed by atoms with E-state index in [2.05, 4.69) is 4.99 Å². The molecule has 9 heteroatoms. The Morgan fingerprint density at radius 1 is 1.08 bits per heavy atom. The summed E-state index contributed by atoms with van der Waals surface area (Å²) in [5.41, 5.74) is 2.29. The number of carbonyl (C=O) groups excluding carboxylic acids is 1. The number of methoxy groups -OCH3 is 1. The first-order valence-corrected chi connectivity index (χ1v) is 14.4. The van der Waals surface area contributed by atoms with Crippen molar-refractivity contribution < 1.29 is 19.0 Å². The molecule has 0 bridgehead atoms. The molecule has 1 atom stereocenters. The Kier molecular flexibility index (Phi) is 8.47. The van der Waals surface area contributed by atoms with Gasteiger partial charge in [0.25, 0.3) is 5.56 Å². The molecule has 0 saturated heterocycles. The predicted molar refractivity (Wildman–Crippen MR) is 152 cm³/mol. The van der Waals surface area contributed by atoms with Gasteiger partial charge in [-0.25, -0.2) is 9.79 Å². The number of benzene rings is 2. The van der Waals surface area contributed by atoms with Gasteiger partial charge in [-0.2, -0.15) is 0 Å². The zero-order valence-corrected chi connectivity index (χ0v) is 24.2. The van der Waals surface area contributed by atoms with Gasteiger partial charge in [-0.05, 0) is 82.3 Å². The lowest BCUT2D eigenvalue weighted by Gasteiger charge is -2.25. The number of fused-ring (bicyclic) bond motifs is 1. The topological polar surface area (TPSA) is 79.1 Å². The van der Waals surface area contributed by atoms with Crippen molar-refractivity contribution in [2.24, 2.45) is 4.99 Å². The van der Waals surface area contributed by atoms with Crippen molar-refractivity contribution in [2.45, 2.75) is 57.8 Å². The molecule has 0 aliphatic carbocycles. The molecule has 200 valence electrons. The molecule has 0 unspecified atom stereocenters. The molecule has 3 aromatic rings. The van der Waals surface area contributed by atoms with Gasteiger partial charge >= 0.3 is 5.97 Å². The number of aromatic nitrogens is 1. The molecule has 38 heavy (non-hydrogen) atoms. The molecular weight excluding hydrogens is 520 g/mol. The number of hydrogen-bond donors (Lipinski definition) is 0. The molecule has 0 spiro atoms. The summed E-state index contributed by atoms with van der Waals surface area (Å²) in [5.74, 6) is 0.750. The van der Waals surface area contributed by atoms with Crippen molar-refractivity contribution in [3.05, 3.63) is 84.5 Å². The van der Waals surface area contributed by atoms with Crippen LogP contribution in [0, 0.1) is 0 Å². The fourth-order valence-electron chi connectivity index (χ4n) is 4.24. The van der Waals surface area contributed by atoms with E-state index < -0.39 is 12.0 Å². The van der Waals surface area contributed by atoms with Gasteiger partial charge in [0, 0.05) is 4.90 Å². The Hall–Kier alpha value is -3.30. The van der Waals surface area contributed by atoms with Gasteiger partial charge in [-0.1, -0.05) is 29.5 Å². The third-order valence-corrected chi connectivity index (χ3v) is 7.59. The molecule has 0 N–H and O–H groups in total. The minimum Gasteiger partial charge on any atom is -0.493 e. The summed E-state index contributed by atoms with van der Waals surface area (Å²) in [4.78, 5) is 33.4. The zero-order chi connectivity index (χ0) is 27.6. The Bertz CT molecular complexity index is 1550. The Morgan fingerprint density at radius 2 is 1.79 bits per heavy atom. The van der Waals surface area contributed by atoms with Gasteiger partial charge < -0.3 is 14.2 Å². The van der Waals surface area contributed by atoms with Crippen LogP contribution in [-0.2, 0) is 9.53 Å². The number of thioether (sulfide) groups is 1. The van der Waals surface area contributed by atoms with Crippen LogP contribution in [0.4, 0.5) is 0 Å². The normalized spacial score (nSPS) is 15.5. The molecule has 4 rings (SSSR count). The summed E-state index contributed by atoms with van der Waals surface area (Å²) in [5, 5.41) is 0. The number of thiazole rings is 1. The number of nitrogens with zero attached hydrogens (tertiary/aromatic N) is 2. The number of allylic oxidation sites excluding steroid dienone is 1. The maximum absolute atomic E-state index is 13.8. The number of rotatable bonds is 8. The van der Waals surface area contributed by atoms with Crippen LogP contribution in [0.25, 0.3) is 6.08 Å². The molecule has 0 amide bonds. The van der Waals surface area contributed by atoms with Crippen molar-refractivity contribution in [3.63, 3.8) is 0 Å². The monoisotopic (exact) mass is 552 g/mol. The highest BCUT2D eigenvalue weighted by atomic mass is 32.2. The van der Waals surface area contributed by atoms with Gasteiger partial charge in [0.05, 0.1) is 41.2 Å². The number of esters is 1. The summed E-state index contributed by atoms with van der Waals surface area (Å²) in [7, 11) is 1.59. The van der Waals surface area contributed by atoms with Crippen LogP contribution in [0.5, 0.6) is 11.5 Å². The average Bonchev–Trinajstić information content (AvgIpc) is 3.17. The first-order chi connectivity index (χ1) is 18.1. The second kappa shape index (κ2) is 11.6. The molecule has 2 aromatic carbocycles. The third kappa shape index (κ3) is 5.73. The maximum Gasteiger partial charge on any atom is 0.338 e. The Morgan fingerprint density at radius 3 is 2.39 bits per heavy atom. The van der Waals surface area contributed by atoms with Gasteiger partial charge in [-0.15, -0.1) is 11.8 Å². The third-order valence-electron chi connectivity index (χ3n) is 5.86. The van der Waals surface area contributed by atoms with Gasteiger partial charge in [0.15, 0.2) is 16.3 Å². The summed E-state index contributed by atoms with van der Waals surface area (Å²) < 4.78 is 19.0. The van der Waals surface area contributed by atoms with Gasteiger partial charge in [-0.3, -0.25) is 9.36 Å². The number of carbonyl (C=O) groups is 1. The van der Waals surface area contributed by atoms with E-state index in [9.17, 15) is 9.59 Å². The lowest BCUT2D eigenvalue weighted by atomic mass is 9.96. The summed E-state index contributed by atoms with van der Waals surface area (Å²) in [6.07, 6.45) is 3.52. The van der Waals surface area contributed by atoms with E-state index in [0.29, 0.717) is 32.1 Å². The first-order valence-electron chi connectivity index (χ1n) is 12.3. The molecule has 7 nitrogen and oxygen atoms in total. The molecular formula is C29H32N2O5S2. The lowest BCUT2D eigenvalue weighted by molar-refractivity contribution is -0.143. The lowest BCUT2D eigenvalue weighted by Crippen LogP contribution is -2.40. The van der Waals surface area contributed by atoms with Crippen LogP contribution in [0.3, 0.4) is 0 Å². The highest BCUT2D eigenvalue weighted by molar-refractivity contribution is 7.98. The van der Waals surface area contributed by atoms with E-state index in [0.717, 1.165) is 16.0 Å². The van der Waals surface area contributed by atoms with E-state index in [1.54, 1.807) is 44.2 Å². The number of hydrogen-bond acceptors (Lipinski definition) is 8. The van der Waals surface area contributed by atoms with Crippen LogP contribution in [0.1, 0.15) is 51.8 Å². The predicted octanol–water partition coefficient (Wildman–Crippen LogP) is 4.70. The van der Waals surface area contributed by atoms with Crippen molar-refractivity contribution in [2.75, 3.05) is 13.4 Å². The van der Waals surface area contributed by atoms with E-state index in [1.165, 1.54) is 11.3 Å². The Labute approximate surface area is 230 Å². The second-order valence-corrected chi connectivity index (χ2v) is 11.3. The Balaban J connectivity index is 1.87. The van der Waals surface area contributed by atoms with Crippen molar-refractivity contribution in [3.8, 4) is 11.5 Å². The molecule has 1 aromatic heterocycles. The molecule has 0 radical (unpaired) electrons. The van der Waals surface area contributed by atoms with E-state index in [-0.39, 0.29) is 17.8 Å². The molecule has 1 aliphatic rings. The van der Waals surface area contributed by atoms with Crippen LogP contribution in [0.15, 0.2) is 68.4 Å². The van der Waals surface area contributed by atoms with Crippen LogP contribution in [-0.4, -0.2) is 36.1 Å². The van der Waals surface area contributed by atoms with E-state index in [1.807, 2.05) is 68.6 Å². The van der Waals surface area contributed by atoms with E-state index >= 15 is 0 Å². The minimum atomic E-state index is -0.646. The van der Waals surface area contributed by atoms with Gasteiger partial charge in [0.2, 0.25) is 0 Å². The average molecular weight is 553 g/mol. The summed E-state index contributed by atoms with van der Waals surface area (Å²) >= 11 is 2.92. The molecule has 1 aliphatic heterocycles. The fraction of sp³-hybridized carbons (Fsp3) is 0.345. The fourth-order valence-corrected chi connectivity index (χ4v) is 5.69. The maximum atomic E-state index is 13.8. The van der Waals surface area contributed by atoms with Crippen LogP contribution in [0.2, 0.25) is 0 Å². The standard InChI is InChI=1S/C29H32N2O5S2/c1-16(2)35-22-13-8-19(14-23(22)34-6)15-24-27(32)31-26(20-9-11-21(37-7)12-10-20)25(28(33)36-17(3)4)18(5)30-29(31)38-24/h8-17,26H,1-7H3/b24-15-/t26-/m1/s1. The SMILES string of the molecule is COc1cc(/C=c2\sc3n(c2=O)[C@H](c2ccc(SC)cc2)C(C(=O)OC(C)C)=C(C)N=3)ccc1OC(C)C. The highest BCUT2D eigenvalue weighted by Gasteiger charge is 2.33. The first kappa shape index (κ1) is 27.7. The molecule has 0 fully saturated rings. The van der Waals surface area contributed by atoms with Crippen molar-refractivity contribution >= 4 is 35.1 Å². The molecule has 2 heterocycles. The highest BCUT2D eigenvalue weighted by Crippen LogP contribution is 2.32. The van der Waals surface area contributed by atoms with Crippen molar-refractivity contribution in [1.82, 2.24) is 4.57 Å². The summed E-state index contributed by atoms with van der Waals surface area (Å²) in [6, 6.07) is 12.8.